The Morgan fingerprint density at radius 1 is 0.969 bits per heavy atom. The largest absolute Gasteiger partial charge is 0.470 e. The minimum atomic E-state index is -1.07. The minimum Gasteiger partial charge on any atom is -0.470 e. The summed E-state index contributed by atoms with van der Waals surface area (Å²) in [6, 6.07) is 6.02. The molecule has 4 heterocycles. The van der Waals surface area contributed by atoms with Crippen molar-refractivity contribution in [1.29, 1.82) is 0 Å². The highest BCUT2D eigenvalue weighted by Crippen LogP contribution is 2.39. The summed E-state index contributed by atoms with van der Waals surface area (Å²) in [7, 11) is 0. The molecule has 0 unspecified atom stereocenters. The number of fused-ring (bicyclic) bond motifs is 1. The molecule has 32 heavy (non-hydrogen) atoms. The summed E-state index contributed by atoms with van der Waals surface area (Å²) >= 11 is 0. The number of hydrogen-bond acceptors (Lipinski definition) is 7. The van der Waals surface area contributed by atoms with Gasteiger partial charge in [-0.05, 0) is 37.9 Å². The van der Waals surface area contributed by atoms with Crippen molar-refractivity contribution in [3.8, 4) is 28.5 Å². The first-order valence-electron chi connectivity index (χ1n) is 10.9. The molecule has 0 spiro atoms. The summed E-state index contributed by atoms with van der Waals surface area (Å²) in [5, 5.41) is 11.4. The van der Waals surface area contributed by atoms with Gasteiger partial charge in [0.15, 0.2) is 0 Å². The van der Waals surface area contributed by atoms with Gasteiger partial charge in [0, 0.05) is 29.6 Å². The van der Waals surface area contributed by atoms with Gasteiger partial charge in [-0.3, -0.25) is 15.1 Å². The summed E-state index contributed by atoms with van der Waals surface area (Å²) in [5.41, 5.74) is 4.96. The average Bonchev–Trinajstić information content (AvgIpc) is 3.60. The quantitative estimate of drug-likeness (QED) is 0.499. The zero-order valence-electron chi connectivity index (χ0n) is 17.3. The number of ether oxygens (including phenoxy) is 1. The number of nitrogens with zero attached hydrogens (tertiary/aromatic N) is 5. The fraction of sp³-hybridized carbons (Fsp3) is 0.348. The van der Waals surface area contributed by atoms with Crippen LogP contribution >= 0.6 is 0 Å². The van der Waals surface area contributed by atoms with E-state index in [1.165, 1.54) is 19.0 Å². The standard InChI is InChI=1S/C23H22FN7O/c24-16-8-25-6-5-21(16)32-22-12-27-11-20(29-22)23-15-7-14(3-4-17(15)30-31-23)19-10-26-9-18(28-19)13-1-2-13/h3-4,7,9-13,16,21,25H,1-2,5-6,8H2,(H,30,31)/t16-,21-/m1/s1. The molecular weight excluding hydrogens is 409 g/mol. The highest BCUT2D eigenvalue weighted by molar-refractivity contribution is 5.94. The Hall–Kier alpha value is -3.46. The average molecular weight is 431 g/mol. The maximum Gasteiger partial charge on any atom is 0.233 e. The van der Waals surface area contributed by atoms with E-state index in [1.807, 2.05) is 24.4 Å². The monoisotopic (exact) mass is 431 g/mol. The van der Waals surface area contributed by atoms with Gasteiger partial charge in [-0.25, -0.2) is 14.4 Å². The topological polar surface area (TPSA) is 102 Å². The van der Waals surface area contributed by atoms with E-state index in [2.05, 4.69) is 30.5 Å². The van der Waals surface area contributed by atoms with Gasteiger partial charge in [0.1, 0.15) is 23.7 Å². The molecule has 2 fully saturated rings. The van der Waals surface area contributed by atoms with Gasteiger partial charge in [0.2, 0.25) is 5.88 Å². The Morgan fingerprint density at radius 3 is 2.72 bits per heavy atom. The number of hydrogen-bond donors (Lipinski definition) is 2. The van der Waals surface area contributed by atoms with Gasteiger partial charge >= 0.3 is 0 Å². The number of benzene rings is 1. The van der Waals surface area contributed by atoms with E-state index in [0.29, 0.717) is 29.6 Å². The number of alkyl halides is 1. The van der Waals surface area contributed by atoms with E-state index in [1.54, 1.807) is 12.4 Å². The van der Waals surface area contributed by atoms with Crippen molar-refractivity contribution in [2.24, 2.45) is 0 Å². The molecule has 9 heteroatoms. The highest BCUT2D eigenvalue weighted by atomic mass is 19.1. The zero-order chi connectivity index (χ0) is 21.5. The SMILES string of the molecule is F[C@@H]1CNCC[C@H]1Oc1cncc(-c2n[nH]c3ccc(-c4cncc(C5CC5)n4)cc23)n1. The second kappa shape index (κ2) is 7.90. The minimum absolute atomic E-state index is 0.287. The maximum atomic E-state index is 14.1. The van der Waals surface area contributed by atoms with Crippen molar-refractivity contribution in [2.75, 3.05) is 13.1 Å². The highest BCUT2D eigenvalue weighted by Gasteiger charge is 2.27. The van der Waals surface area contributed by atoms with Crippen LogP contribution in [-0.4, -0.2) is 55.5 Å². The van der Waals surface area contributed by atoms with E-state index >= 15 is 0 Å². The number of H-pyrrole nitrogens is 1. The van der Waals surface area contributed by atoms with Crippen LogP contribution in [0, 0.1) is 0 Å². The predicted molar refractivity (Wildman–Crippen MR) is 117 cm³/mol. The molecule has 2 atom stereocenters. The van der Waals surface area contributed by atoms with Crippen LogP contribution in [0.2, 0.25) is 0 Å². The molecular formula is C23H22FN7O. The van der Waals surface area contributed by atoms with Crippen molar-refractivity contribution in [3.05, 3.63) is 48.7 Å². The van der Waals surface area contributed by atoms with Gasteiger partial charge in [-0.1, -0.05) is 6.07 Å². The fourth-order valence-electron chi connectivity index (χ4n) is 4.07. The molecule has 0 amide bonds. The zero-order valence-corrected chi connectivity index (χ0v) is 17.3. The Balaban J connectivity index is 1.33. The molecule has 1 aliphatic heterocycles. The summed E-state index contributed by atoms with van der Waals surface area (Å²) < 4.78 is 19.9. The second-order valence-electron chi connectivity index (χ2n) is 8.34. The molecule has 8 nitrogen and oxygen atoms in total. The third kappa shape index (κ3) is 3.69. The normalized spacial score (nSPS) is 21.0. The molecule has 1 saturated carbocycles. The number of aromatic nitrogens is 6. The van der Waals surface area contributed by atoms with Crippen LogP contribution in [0.15, 0.2) is 43.0 Å². The number of aromatic amines is 1. The first-order chi connectivity index (χ1) is 15.7. The van der Waals surface area contributed by atoms with Crippen LogP contribution in [0.4, 0.5) is 4.39 Å². The van der Waals surface area contributed by atoms with Gasteiger partial charge in [0.05, 0.1) is 35.5 Å². The summed E-state index contributed by atoms with van der Waals surface area (Å²) in [4.78, 5) is 18.0. The molecule has 4 aromatic rings. The molecule has 2 N–H and O–H groups in total. The molecule has 0 radical (unpaired) electrons. The van der Waals surface area contributed by atoms with Gasteiger partial charge in [-0.15, -0.1) is 0 Å². The lowest BCUT2D eigenvalue weighted by Crippen LogP contribution is -2.44. The van der Waals surface area contributed by atoms with Crippen LogP contribution < -0.4 is 10.1 Å². The summed E-state index contributed by atoms with van der Waals surface area (Å²) in [5.74, 6) is 0.838. The molecule has 1 aromatic carbocycles. The Labute approximate surface area is 183 Å². The fourth-order valence-corrected chi connectivity index (χ4v) is 4.07. The molecule has 162 valence electrons. The first-order valence-corrected chi connectivity index (χ1v) is 10.9. The number of piperidine rings is 1. The first kappa shape index (κ1) is 19.2. The molecule has 1 saturated heterocycles. The van der Waals surface area contributed by atoms with E-state index in [-0.39, 0.29) is 6.54 Å². The smallest absolute Gasteiger partial charge is 0.233 e. The van der Waals surface area contributed by atoms with Gasteiger partial charge in [-0.2, -0.15) is 5.10 Å². The molecule has 2 aliphatic rings. The van der Waals surface area contributed by atoms with E-state index in [4.69, 9.17) is 9.72 Å². The molecule has 0 bridgehead atoms. The van der Waals surface area contributed by atoms with Crippen LogP contribution in [-0.2, 0) is 0 Å². The van der Waals surface area contributed by atoms with Gasteiger partial charge < -0.3 is 10.1 Å². The van der Waals surface area contributed by atoms with E-state index in [9.17, 15) is 4.39 Å². The van der Waals surface area contributed by atoms with E-state index in [0.717, 1.165) is 34.4 Å². The van der Waals surface area contributed by atoms with Gasteiger partial charge in [0.25, 0.3) is 0 Å². The second-order valence-corrected chi connectivity index (χ2v) is 8.34. The van der Waals surface area contributed by atoms with Crippen molar-refractivity contribution >= 4 is 10.9 Å². The summed E-state index contributed by atoms with van der Waals surface area (Å²) in [6.07, 6.45) is 8.14. The molecule has 3 aromatic heterocycles. The van der Waals surface area contributed by atoms with Crippen LogP contribution in [0.5, 0.6) is 5.88 Å². The lowest BCUT2D eigenvalue weighted by atomic mass is 10.1. The lowest BCUT2D eigenvalue weighted by molar-refractivity contribution is 0.0691. The lowest BCUT2D eigenvalue weighted by Gasteiger charge is -2.26. The van der Waals surface area contributed by atoms with E-state index < -0.39 is 12.3 Å². The predicted octanol–water partition coefficient (Wildman–Crippen LogP) is 3.43. The third-order valence-corrected chi connectivity index (χ3v) is 5.98. The molecule has 1 aliphatic carbocycles. The Bertz CT molecular complexity index is 1270. The van der Waals surface area contributed by atoms with Crippen LogP contribution in [0.25, 0.3) is 33.5 Å². The van der Waals surface area contributed by atoms with Crippen molar-refractivity contribution in [3.63, 3.8) is 0 Å². The molecule has 6 rings (SSSR count). The number of rotatable bonds is 5. The van der Waals surface area contributed by atoms with Crippen LogP contribution in [0.1, 0.15) is 30.9 Å². The third-order valence-electron chi connectivity index (χ3n) is 5.98. The van der Waals surface area contributed by atoms with Crippen molar-refractivity contribution < 1.29 is 9.13 Å². The van der Waals surface area contributed by atoms with Crippen LogP contribution in [0.3, 0.4) is 0 Å². The Kier molecular flexibility index (Phi) is 4.75. The maximum absolute atomic E-state index is 14.1. The Morgan fingerprint density at radius 2 is 1.84 bits per heavy atom. The van der Waals surface area contributed by atoms with Crippen molar-refractivity contribution in [2.45, 2.75) is 37.5 Å². The number of nitrogens with one attached hydrogen (secondary N) is 2. The summed E-state index contributed by atoms with van der Waals surface area (Å²) in [6.45, 7) is 1.01. The number of halogens is 1. The van der Waals surface area contributed by atoms with Crippen molar-refractivity contribution in [1.82, 2.24) is 35.5 Å².